The minimum absolute atomic E-state index is 0.179. The van der Waals surface area contributed by atoms with Gasteiger partial charge in [0, 0.05) is 16.1 Å². The van der Waals surface area contributed by atoms with Crippen LogP contribution >= 0.6 is 15.9 Å². The standard InChI is InChI=1S/C10H6BrNO3/c11-7-3-1-2-5-6(4-8(13)14)10(15)12-9(5)7/h1-4H,(H,12,15)(H,13,14)/b6-4-. The third kappa shape index (κ3) is 1.66. The zero-order valence-electron chi connectivity index (χ0n) is 7.45. The average Bonchev–Trinajstić information content (AvgIpc) is 2.45. The number of hydrogen-bond acceptors (Lipinski definition) is 2. The van der Waals surface area contributed by atoms with Crippen molar-refractivity contribution in [1.29, 1.82) is 0 Å². The van der Waals surface area contributed by atoms with E-state index in [0.29, 0.717) is 11.3 Å². The maximum atomic E-state index is 11.5. The number of benzene rings is 1. The Morgan fingerprint density at radius 3 is 2.87 bits per heavy atom. The number of carbonyl (C=O) groups excluding carboxylic acids is 1. The molecule has 76 valence electrons. The molecule has 5 heteroatoms. The lowest BCUT2D eigenvalue weighted by molar-refractivity contribution is -0.131. The molecule has 2 N–H and O–H groups in total. The SMILES string of the molecule is O=C(O)/C=C1\C(=O)Nc2c(Br)cccc21. The van der Waals surface area contributed by atoms with Gasteiger partial charge in [0.05, 0.1) is 11.3 Å². The largest absolute Gasteiger partial charge is 0.478 e. The van der Waals surface area contributed by atoms with Crippen LogP contribution in [0.4, 0.5) is 5.69 Å². The number of carbonyl (C=O) groups is 2. The highest BCUT2D eigenvalue weighted by Crippen LogP contribution is 2.36. The highest BCUT2D eigenvalue weighted by atomic mass is 79.9. The summed E-state index contributed by atoms with van der Waals surface area (Å²) in [7, 11) is 0. The van der Waals surface area contributed by atoms with E-state index >= 15 is 0 Å². The van der Waals surface area contributed by atoms with Crippen LogP contribution in [0.1, 0.15) is 5.56 Å². The van der Waals surface area contributed by atoms with E-state index in [4.69, 9.17) is 5.11 Å². The predicted octanol–water partition coefficient (Wildman–Crippen LogP) is 1.87. The lowest BCUT2D eigenvalue weighted by atomic mass is 10.1. The van der Waals surface area contributed by atoms with Crippen molar-refractivity contribution < 1.29 is 14.7 Å². The molecule has 0 saturated carbocycles. The van der Waals surface area contributed by atoms with Crippen LogP contribution in [0.25, 0.3) is 5.57 Å². The number of hydrogen-bond donors (Lipinski definition) is 2. The Balaban J connectivity index is 2.61. The summed E-state index contributed by atoms with van der Waals surface area (Å²) in [6, 6.07) is 5.23. The molecule has 1 heterocycles. The Kier molecular flexibility index (Phi) is 2.32. The van der Waals surface area contributed by atoms with E-state index in [1.165, 1.54) is 0 Å². The normalized spacial score (nSPS) is 16.3. The highest BCUT2D eigenvalue weighted by Gasteiger charge is 2.26. The van der Waals surface area contributed by atoms with E-state index in [-0.39, 0.29) is 11.5 Å². The van der Waals surface area contributed by atoms with E-state index in [9.17, 15) is 9.59 Å². The molecule has 1 aromatic rings. The van der Waals surface area contributed by atoms with E-state index < -0.39 is 5.97 Å². The molecule has 4 nitrogen and oxygen atoms in total. The van der Waals surface area contributed by atoms with Gasteiger partial charge in [0.15, 0.2) is 0 Å². The molecular weight excluding hydrogens is 262 g/mol. The highest BCUT2D eigenvalue weighted by molar-refractivity contribution is 9.10. The van der Waals surface area contributed by atoms with Crippen LogP contribution in [0.5, 0.6) is 0 Å². The summed E-state index contributed by atoms with van der Waals surface area (Å²) in [5.41, 5.74) is 1.41. The molecule has 2 rings (SSSR count). The molecule has 15 heavy (non-hydrogen) atoms. The fourth-order valence-electron chi connectivity index (χ4n) is 1.45. The molecule has 0 aliphatic carbocycles. The first-order valence-electron chi connectivity index (χ1n) is 4.14. The lowest BCUT2D eigenvalue weighted by Gasteiger charge is -1.99. The second kappa shape index (κ2) is 3.51. The van der Waals surface area contributed by atoms with Crippen LogP contribution in [0.15, 0.2) is 28.7 Å². The van der Waals surface area contributed by atoms with Crippen molar-refractivity contribution in [3.63, 3.8) is 0 Å². The Bertz CT molecular complexity index is 493. The first-order valence-corrected chi connectivity index (χ1v) is 4.94. The van der Waals surface area contributed by atoms with Crippen molar-refractivity contribution in [3.8, 4) is 0 Å². The Labute approximate surface area is 93.7 Å². The fourth-order valence-corrected chi connectivity index (χ4v) is 1.91. The van der Waals surface area contributed by atoms with Gasteiger partial charge in [-0.15, -0.1) is 0 Å². The second-order valence-electron chi connectivity index (χ2n) is 3.01. The van der Waals surface area contributed by atoms with Gasteiger partial charge in [-0.3, -0.25) is 4.79 Å². The molecule has 0 spiro atoms. The average molecular weight is 268 g/mol. The van der Waals surface area contributed by atoms with Gasteiger partial charge >= 0.3 is 5.97 Å². The quantitative estimate of drug-likeness (QED) is 0.764. The predicted molar refractivity (Wildman–Crippen MR) is 58.4 cm³/mol. The monoisotopic (exact) mass is 267 g/mol. The van der Waals surface area contributed by atoms with E-state index in [1.807, 2.05) is 0 Å². The molecule has 1 amide bonds. The molecule has 1 aromatic carbocycles. The van der Waals surface area contributed by atoms with Gasteiger partial charge in [-0.2, -0.15) is 0 Å². The van der Waals surface area contributed by atoms with Crippen LogP contribution in [0.2, 0.25) is 0 Å². The molecule has 0 atom stereocenters. The maximum Gasteiger partial charge on any atom is 0.329 e. The number of carboxylic acids is 1. The zero-order valence-corrected chi connectivity index (χ0v) is 9.04. The fraction of sp³-hybridized carbons (Fsp3) is 0. The molecule has 0 radical (unpaired) electrons. The Hall–Kier alpha value is -1.62. The summed E-state index contributed by atoms with van der Waals surface area (Å²) in [6.07, 6.45) is 0.910. The Morgan fingerprint density at radius 1 is 1.47 bits per heavy atom. The molecule has 1 aliphatic heterocycles. The van der Waals surface area contributed by atoms with Crippen molar-refractivity contribution >= 4 is 39.1 Å². The van der Waals surface area contributed by atoms with E-state index in [1.54, 1.807) is 18.2 Å². The van der Waals surface area contributed by atoms with E-state index in [2.05, 4.69) is 21.2 Å². The maximum absolute atomic E-state index is 11.5. The number of carboxylic acid groups (broad SMARTS) is 1. The summed E-state index contributed by atoms with van der Waals surface area (Å²) in [4.78, 5) is 22.0. The summed E-state index contributed by atoms with van der Waals surface area (Å²) >= 11 is 3.28. The van der Waals surface area contributed by atoms with Crippen molar-refractivity contribution in [3.05, 3.63) is 34.3 Å². The number of halogens is 1. The number of nitrogens with one attached hydrogen (secondary N) is 1. The summed E-state index contributed by atoms with van der Waals surface area (Å²) in [5.74, 6) is -1.52. The van der Waals surface area contributed by atoms with Crippen LogP contribution in [0, 0.1) is 0 Å². The zero-order chi connectivity index (χ0) is 11.0. The van der Waals surface area contributed by atoms with Gasteiger partial charge in [0.2, 0.25) is 0 Å². The van der Waals surface area contributed by atoms with Gasteiger partial charge in [0.1, 0.15) is 0 Å². The summed E-state index contributed by atoms with van der Waals surface area (Å²) in [6.45, 7) is 0. The second-order valence-corrected chi connectivity index (χ2v) is 3.87. The van der Waals surface area contributed by atoms with Gasteiger partial charge in [-0.1, -0.05) is 12.1 Å². The smallest absolute Gasteiger partial charge is 0.329 e. The molecule has 0 saturated heterocycles. The van der Waals surface area contributed by atoms with Gasteiger partial charge < -0.3 is 10.4 Å². The van der Waals surface area contributed by atoms with Gasteiger partial charge in [-0.25, -0.2) is 4.79 Å². The van der Waals surface area contributed by atoms with Crippen molar-refractivity contribution in [1.82, 2.24) is 0 Å². The third-order valence-electron chi connectivity index (χ3n) is 2.05. The van der Waals surface area contributed by atoms with Gasteiger partial charge in [0.25, 0.3) is 5.91 Å². The molecule has 0 aromatic heterocycles. The van der Waals surface area contributed by atoms with Crippen molar-refractivity contribution in [2.45, 2.75) is 0 Å². The minimum Gasteiger partial charge on any atom is -0.478 e. The van der Waals surface area contributed by atoms with Crippen LogP contribution in [0.3, 0.4) is 0 Å². The van der Waals surface area contributed by atoms with Crippen molar-refractivity contribution in [2.24, 2.45) is 0 Å². The molecule has 0 unspecified atom stereocenters. The number of anilines is 1. The van der Waals surface area contributed by atoms with E-state index in [0.717, 1.165) is 10.5 Å². The minimum atomic E-state index is -1.13. The number of fused-ring (bicyclic) bond motifs is 1. The molecule has 0 bridgehead atoms. The summed E-state index contributed by atoms with van der Waals surface area (Å²) < 4.78 is 0.738. The first-order chi connectivity index (χ1) is 7.09. The lowest BCUT2D eigenvalue weighted by Crippen LogP contribution is -2.05. The number of amides is 1. The molecule has 0 fully saturated rings. The number of aliphatic carboxylic acids is 1. The van der Waals surface area contributed by atoms with Crippen LogP contribution in [-0.4, -0.2) is 17.0 Å². The van der Waals surface area contributed by atoms with Crippen molar-refractivity contribution in [2.75, 3.05) is 5.32 Å². The first kappa shape index (κ1) is 9.92. The molecular formula is C10H6BrNO3. The van der Waals surface area contributed by atoms with Crippen LogP contribution < -0.4 is 5.32 Å². The molecule has 1 aliphatic rings. The van der Waals surface area contributed by atoms with Crippen LogP contribution in [-0.2, 0) is 9.59 Å². The summed E-state index contributed by atoms with van der Waals surface area (Å²) in [5, 5.41) is 11.2. The number of para-hydroxylation sites is 1. The number of rotatable bonds is 1. The topological polar surface area (TPSA) is 66.4 Å². The Morgan fingerprint density at radius 2 is 2.20 bits per heavy atom. The third-order valence-corrected chi connectivity index (χ3v) is 2.72. The van der Waals surface area contributed by atoms with Gasteiger partial charge in [-0.05, 0) is 22.0 Å².